The van der Waals surface area contributed by atoms with Crippen molar-refractivity contribution in [2.45, 2.75) is 44.0 Å². The van der Waals surface area contributed by atoms with Crippen LogP contribution in [0.15, 0.2) is 48.5 Å². The molecule has 5 nitrogen and oxygen atoms in total. The maximum atomic E-state index is 13.3. The van der Waals surface area contributed by atoms with Gasteiger partial charge in [-0.2, -0.15) is 5.06 Å². The Bertz CT molecular complexity index is 923. The zero-order chi connectivity index (χ0) is 20.5. The molecule has 1 aliphatic heterocycles. The number of rotatable bonds is 5. The van der Waals surface area contributed by atoms with Crippen LogP contribution >= 0.6 is 0 Å². The van der Waals surface area contributed by atoms with Crippen LogP contribution in [-0.4, -0.2) is 32.4 Å². The minimum absolute atomic E-state index is 0.0224. The van der Waals surface area contributed by atoms with Crippen LogP contribution in [0.3, 0.4) is 0 Å². The molecular weight excluding hydrogens is 379 g/mol. The molecule has 152 valence electrons. The molecule has 1 fully saturated rings. The van der Waals surface area contributed by atoms with Gasteiger partial charge >= 0.3 is 0 Å². The van der Waals surface area contributed by atoms with E-state index in [1.54, 1.807) is 24.2 Å². The number of nitrogens with zero attached hydrogens (tertiary/aromatic N) is 1. The van der Waals surface area contributed by atoms with E-state index in [0.29, 0.717) is 5.56 Å². The molecule has 0 aromatic heterocycles. The average Bonchev–Trinajstić information content (AvgIpc) is 3.02. The van der Waals surface area contributed by atoms with E-state index in [2.05, 4.69) is 25.5 Å². The number of hydrogen-bond donors (Lipinski definition) is 1. The van der Waals surface area contributed by atoms with Crippen molar-refractivity contribution >= 4 is 10.0 Å². The summed E-state index contributed by atoms with van der Waals surface area (Å²) < 4.78 is 41.8. The fourth-order valence-corrected chi connectivity index (χ4v) is 4.89. The normalized spacial score (nSPS) is 21.2. The molecule has 0 radical (unpaired) electrons. The number of benzene rings is 2. The van der Waals surface area contributed by atoms with Crippen molar-refractivity contribution in [2.24, 2.45) is 0 Å². The highest BCUT2D eigenvalue weighted by atomic mass is 32.2. The van der Waals surface area contributed by atoms with Gasteiger partial charge < -0.3 is 0 Å². The molecule has 0 amide bonds. The zero-order valence-corrected chi connectivity index (χ0v) is 17.5. The monoisotopic (exact) mass is 406 g/mol. The molecule has 1 N–H and O–H groups in total. The summed E-state index contributed by atoms with van der Waals surface area (Å²) in [5.74, 6) is -0.391. The van der Waals surface area contributed by atoms with E-state index in [-0.39, 0.29) is 18.6 Å². The van der Waals surface area contributed by atoms with Crippen LogP contribution in [0.1, 0.15) is 43.5 Å². The Kier molecular flexibility index (Phi) is 5.91. The fourth-order valence-electron chi connectivity index (χ4n) is 3.40. The van der Waals surface area contributed by atoms with Gasteiger partial charge in [0, 0.05) is 13.6 Å². The Labute approximate surface area is 166 Å². The number of hydrogen-bond acceptors (Lipinski definition) is 4. The van der Waals surface area contributed by atoms with Gasteiger partial charge in [-0.05, 0) is 34.2 Å². The molecule has 1 heterocycles. The van der Waals surface area contributed by atoms with Gasteiger partial charge in [0.2, 0.25) is 10.0 Å². The molecule has 1 aliphatic rings. The van der Waals surface area contributed by atoms with E-state index in [1.165, 1.54) is 17.7 Å². The van der Waals surface area contributed by atoms with Crippen molar-refractivity contribution in [3.8, 4) is 0 Å². The van der Waals surface area contributed by atoms with Crippen LogP contribution in [0.2, 0.25) is 0 Å². The van der Waals surface area contributed by atoms with E-state index < -0.39 is 27.1 Å². The minimum Gasteiger partial charge on any atom is -0.297 e. The third-order valence-electron chi connectivity index (χ3n) is 5.07. The Morgan fingerprint density at radius 2 is 1.86 bits per heavy atom. The van der Waals surface area contributed by atoms with Crippen LogP contribution in [0.25, 0.3) is 0 Å². The summed E-state index contributed by atoms with van der Waals surface area (Å²) in [5, 5.41) is 0.838. The second kappa shape index (κ2) is 7.91. The molecule has 3 rings (SSSR count). The van der Waals surface area contributed by atoms with Crippen LogP contribution in [0, 0.1) is 5.82 Å². The van der Waals surface area contributed by atoms with Crippen molar-refractivity contribution in [1.82, 2.24) is 9.79 Å². The lowest BCUT2D eigenvalue weighted by atomic mass is 9.86. The summed E-state index contributed by atoms with van der Waals surface area (Å²) in [6.45, 7) is 6.51. The van der Waals surface area contributed by atoms with Crippen molar-refractivity contribution in [1.29, 1.82) is 0 Å². The summed E-state index contributed by atoms with van der Waals surface area (Å²) in [5.41, 5.74) is 2.66. The van der Waals surface area contributed by atoms with Crippen molar-refractivity contribution in [3.05, 3.63) is 71.0 Å². The quantitative estimate of drug-likeness (QED) is 0.825. The number of sulfonamides is 1. The maximum absolute atomic E-state index is 13.3. The van der Waals surface area contributed by atoms with Gasteiger partial charge in [-0.25, -0.2) is 17.5 Å². The first kappa shape index (κ1) is 20.9. The van der Waals surface area contributed by atoms with Crippen LogP contribution in [0.5, 0.6) is 0 Å². The standard InChI is InChI=1S/C21H27FN2O3S/c1-21(2,3)17-10-8-16(9-11-17)20-19(14-27-24(20)4)28(25,26)23-13-15-6-5-7-18(22)12-15/h5-12,19-20,23H,13-14H2,1-4H3/t19-,20-/m0/s1. The Balaban J connectivity index is 1.79. The van der Waals surface area contributed by atoms with Crippen LogP contribution in [0.4, 0.5) is 4.39 Å². The van der Waals surface area contributed by atoms with Gasteiger partial charge in [0.05, 0.1) is 12.6 Å². The Morgan fingerprint density at radius 3 is 2.46 bits per heavy atom. The van der Waals surface area contributed by atoms with E-state index in [9.17, 15) is 12.8 Å². The molecular formula is C21H27FN2O3S. The lowest BCUT2D eigenvalue weighted by Gasteiger charge is -2.25. The molecule has 28 heavy (non-hydrogen) atoms. The fraction of sp³-hybridized carbons (Fsp3) is 0.429. The topological polar surface area (TPSA) is 58.6 Å². The third-order valence-corrected chi connectivity index (χ3v) is 6.81. The van der Waals surface area contributed by atoms with Gasteiger partial charge in [0.15, 0.2) is 0 Å². The first-order chi connectivity index (χ1) is 13.1. The smallest absolute Gasteiger partial charge is 0.219 e. The van der Waals surface area contributed by atoms with Gasteiger partial charge in [-0.3, -0.25) is 4.84 Å². The summed E-state index contributed by atoms with van der Waals surface area (Å²) in [6, 6.07) is 13.5. The van der Waals surface area contributed by atoms with E-state index in [1.807, 2.05) is 24.3 Å². The highest BCUT2D eigenvalue weighted by Gasteiger charge is 2.43. The third kappa shape index (κ3) is 4.60. The number of halogens is 1. The van der Waals surface area contributed by atoms with Crippen molar-refractivity contribution < 1.29 is 17.6 Å². The van der Waals surface area contributed by atoms with E-state index >= 15 is 0 Å². The molecule has 7 heteroatoms. The molecule has 2 atom stereocenters. The molecule has 1 saturated heterocycles. The molecule has 0 saturated carbocycles. The predicted octanol–water partition coefficient (Wildman–Crippen LogP) is 3.53. The molecule has 2 aromatic carbocycles. The molecule has 0 spiro atoms. The summed E-state index contributed by atoms with van der Waals surface area (Å²) in [7, 11) is -1.94. The molecule has 0 aliphatic carbocycles. The summed E-state index contributed by atoms with van der Waals surface area (Å²) in [6.07, 6.45) is 0. The van der Waals surface area contributed by atoms with E-state index in [0.717, 1.165) is 5.56 Å². The highest BCUT2D eigenvalue weighted by molar-refractivity contribution is 7.90. The van der Waals surface area contributed by atoms with Crippen molar-refractivity contribution in [2.75, 3.05) is 13.7 Å². The highest BCUT2D eigenvalue weighted by Crippen LogP contribution is 2.34. The SMILES string of the molecule is CN1OC[C@H](S(=O)(=O)NCc2cccc(F)c2)[C@@H]1c1ccc(C(C)(C)C)cc1. The zero-order valence-electron chi connectivity index (χ0n) is 16.6. The lowest BCUT2D eigenvalue weighted by Crippen LogP contribution is -2.39. The second-order valence-electron chi connectivity index (χ2n) is 8.19. The van der Waals surface area contributed by atoms with Gasteiger partial charge in [0.1, 0.15) is 11.1 Å². The lowest BCUT2D eigenvalue weighted by molar-refractivity contribution is -0.110. The Morgan fingerprint density at radius 1 is 1.18 bits per heavy atom. The summed E-state index contributed by atoms with van der Waals surface area (Å²) in [4.78, 5) is 5.54. The molecule has 0 unspecified atom stereocenters. The van der Waals surface area contributed by atoms with Gasteiger partial charge in [0.25, 0.3) is 0 Å². The summed E-state index contributed by atoms with van der Waals surface area (Å²) >= 11 is 0. The van der Waals surface area contributed by atoms with Crippen LogP contribution in [-0.2, 0) is 26.8 Å². The van der Waals surface area contributed by atoms with Crippen LogP contribution < -0.4 is 4.72 Å². The first-order valence-corrected chi connectivity index (χ1v) is 10.8. The largest absolute Gasteiger partial charge is 0.297 e. The maximum Gasteiger partial charge on any atom is 0.219 e. The Hall–Kier alpha value is -1.80. The molecule has 2 aromatic rings. The molecule has 0 bridgehead atoms. The minimum atomic E-state index is -3.68. The van der Waals surface area contributed by atoms with E-state index in [4.69, 9.17) is 4.84 Å². The van der Waals surface area contributed by atoms with Crippen molar-refractivity contribution in [3.63, 3.8) is 0 Å². The first-order valence-electron chi connectivity index (χ1n) is 9.27. The second-order valence-corrected chi connectivity index (χ2v) is 10.2. The average molecular weight is 407 g/mol. The van der Waals surface area contributed by atoms with Gasteiger partial charge in [-0.15, -0.1) is 0 Å². The van der Waals surface area contributed by atoms with Gasteiger partial charge in [-0.1, -0.05) is 57.2 Å². The number of hydroxylamine groups is 2. The number of nitrogens with one attached hydrogen (secondary N) is 1. The predicted molar refractivity (Wildman–Crippen MR) is 108 cm³/mol.